The molecule has 0 aliphatic heterocycles. The van der Waals surface area contributed by atoms with Gasteiger partial charge in [-0.3, -0.25) is 0 Å². The van der Waals surface area contributed by atoms with Crippen molar-refractivity contribution in [3.8, 4) is 0 Å². The van der Waals surface area contributed by atoms with Gasteiger partial charge < -0.3 is 10.2 Å². The molecule has 0 saturated heterocycles. The molecule has 4 rings (SSSR count). The second kappa shape index (κ2) is 4.58. The molecular weight excluding hydrogens is 260 g/mol. The fourth-order valence-corrected chi connectivity index (χ4v) is 6.69. The quantitative estimate of drug-likeness (QED) is 0.668. The van der Waals surface area contributed by atoms with Gasteiger partial charge in [-0.1, -0.05) is 31.9 Å². The highest BCUT2D eigenvalue weighted by atomic mass is 16.3. The van der Waals surface area contributed by atoms with Gasteiger partial charge in [0.15, 0.2) is 0 Å². The van der Waals surface area contributed by atoms with Crippen molar-refractivity contribution in [1.82, 2.24) is 0 Å². The number of hydrogen-bond acceptors (Lipinski definition) is 2. The number of fused-ring (bicyclic) bond motifs is 5. The van der Waals surface area contributed by atoms with Crippen LogP contribution in [0.3, 0.4) is 0 Å². The minimum absolute atomic E-state index is 0.0634. The molecule has 0 radical (unpaired) electrons. The van der Waals surface area contributed by atoms with Crippen molar-refractivity contribution < 1.29 is 10.2 Å². The number of rotatable bonds is 0. The predicted molar refractivity (Wildman–Crippen MR) is 83.7 cm³/mol. The lowest BCUT2D eigenvalue weighted by Gasteiger charge is -2.58. The van der Waals surface area contributed by atoms with Crippen LogP contribution in [0.25, 0.3) is 0 Å². The summed E-state index contributed by atoms with van der Waals surface area (Å²) in [5.41, 5.74) is 1.87. The Morgan fingerprint density at radius 1 is 1.10 bits per heavy atom. The van der Waals surface area contributed by atoms with E-state index in [4.69, 9.17) is 0 Å². The molecule has 0 spiro atoms. The summed E-state index contributed by atoms with van der Waals surface area (Å²) in [6.07, 6.45) is 11.1. The first-order valence-electron chi connectivity index (χ1n) is 9.01. The van der Waals surface area contributed by atoms with E-state index in [0.29, 0.717) is 17.8 Å². The zero-order valence-electron chi connectivity index (χ0n) is 13.5. The van der Waals surface area contributed by atoms with Gasteiger partial charge in [0, 0.05) is 11.8 Å². The number of allylic oxidation sites excluding steroid dienone is 1. The van der Waals surface area contributed by atoms with Gasteiger partial charge in [-0.15, -0.1) is 0 Å². The second-order valence-electron chi connectivity index (χ2n) is 8.82. The van der Waals surface area contributed by atoms with Gasteiger partial charge in [-0.2, -0.15) is 0 Å². The molecule has 2 nitrogen and oxygen atoms in total. The lowest BCUT2D eigenvalue weighted by atomic mass is 9.47. The summed E-state index contributed by atoms with van der Waals surface area (Å²) in [6.45, 7) is 4.81. The highest BCUT2D eigenvalue weighted by molar-refractivity contribution is 5.27. The van der Waals surface area contributed by atoms with E-state index in [1.165, 1.54) is 44.1 Å². The average Bonchev–Trinajstić information content (AvgIpc) is 2.82. The lowest BCUT2D eigenvalue weighted by Crippen LogP contribution is -2.54. The Kier molecular flexibility index (Phi) is 3.11. The monoisotopic (exact) mass is 290 g/mol. The maximum atomic E-state index is 10.8. The molecule has 7 atom stereocenters. The third kappa shape index (κ3) is 1.84. The Hall–Kier alpha value is -0.340. The summed E-state index contributed by atoms with van der Waals surface area (Å²) in [4.78, 5) is 0. The van der Waals surface area contributed by atoms with Gasteiger partial charge in [0.1, 0.15) is 0 Å². The summed E-state index contributed by atoms with van der Waals surface area (Å²) in [5, 5.41) is 20.8. The molecule has 4 aliphatic carbocycles. The van der Waals surface area contributed by atoms with E-state index < -0.39 is 0 Å². The normalized spacial score (nSPS) is 56.2. The van der Waals surface area contributed by atoms with Crippen LogP contribution in [0, 0.1) is 28.6 Å². The van der Waals surface area contributed by atoms with Gasteiger partial charge in [0.2, 0.25) is 0 Å². The van der Waals surface area contributed by atoms with Crippen LogP contribution in [0.1, 0.15) is 65.2 Å². The van der Waals surface area contributed by atoms with Crippen molar-refractivity contribution in [2.75, 3.05) is 0 Å². The third-order valence-electron chi connectivity index (χ3n) is 7.96. The van der Waals surface area contributed by atoms with Crippen LogP contribution in [0.5, 0.6) is 0 Å². The summed E-state index contributed by atoms with van der Waals surface area (Å²) in [5.74, 6) is 2.27. The molecule has 0 amide bonds. The maximum Gasteiger partial charge on any atom is 0.0658 e. The number of aliphatic hydroxyl groups excluding tert-OH is 2. The van der Waals surface area contributed by atoms with Gasteiger partial charge in [0.25, 0.3) is 0 Å². The number of aliphatic hydroxyl groups is 2. The van der Waals surface area contributed by atoms with Crippen molar-refractivity contribution in [2.24, 2.45) is 28.6 Å². The fraction of sp³-hybridized carbons (Fsp3) is 0.895. The highest BCUT2D eigenvalue weighted by Gasteiger charge is 2.58. The van der Waals surface area contributed by atoms with E-state index in [0.717, 1.165) is 18.3 Å². The van der Waals surface area contributed by atoms with Crippen molar-refractivity contribution in [3.63, 3.8) is 0 Å². The largest absolute Gasteiger partial charge is 0.393 e. The van der Waals surface area contributed by atoms with Crippen molar-refractivity contribution >= 4 is 0 Å². The first kappa shape index (κ1) is 14.3. The Morgan fingerprint density at radius 3 is 2.71 bits per heavy atom. The van der Waals surface area contributed by atoms with Crippen LogP contribution < -0.4 is 0 Å². The molecule has 0 aromatic carbocycles. The first-order valence-corrected chi connectivity index (χ1v) is 9.01. The van der Waals surface area contributed by atoms with Crippen LogP contribution in [-0.2, 0) is 0 Å². The summed E-state index contributed by atoms with van der Waals surface area (Å²) in [6, 6.07) is 0. The van der Waals surface area contributed by atoms with Crippen molar-refractivity contribution in [2.45, 2.75) is 77.4 Å². The molecule has 4 aliphatic rings. The molecule has 0 heterocycles. The molecule has 21 heavy (non-hydrogen) atoms. The second-order valence-corrected chi connectivity index (χ2v) is 8.82. The summed E-state index contributed by atoms with van der Waals surface area (Å²) >= 11 is 0. The van der Waals surface area contributed by atoms with Gasteiger partial charge in [-0.05, 0) is 61.7 Å². The van der Waals surface area contributed by atoms with E-state index in [2.05, 4.69) is 19.9 Å². The van der Waals surface area contributed by atoms with Crippen LogP contribution in [0.15, 0.2) is 11.6 Å². The van der Waals surface area contributed by atoms with Crippen LogP contribution in [-0.4, -0.2) is 22.4 Å². The minimum atomic E-state index is -0.356. The smallest absolute Gasteiger partial charge is 0.0658 e. The third-order valence-corrected chi connectivity index (χ3v) is 7.96. The molecule has 0 aromatic rings. The molecule has 2 unspecified atom stereocenters. The topological polar surface area (TPSA) is 40.5 Å². The Labute approximate surface area is 128 Å². The average molecular weight is 290 g/mol. The van der Waals surface area contributed by atoms with Crippen LogP contribution >= 0.6 is 0 Å². The molecular formula is C19H30O2. The van der Waals surface area contributed by atoms with Crippen molar-refractivity contribution in [1.29, 1.82) is 0 Å². The van der Waals surface area contributed by atoms with Gasteiger partial charge in [0.05, 0.1) is 12.2 Å². The number of hydrogen-bond donors (Lipinski definition) is 2. The zero-order chi connectivity index (χ0) is 14.8. The first-order chi connectivity index (χ1) is 9.95. The molecule has 3 saturated carbocycles. The van der Waals surface area contributed by atoms with Crippen LogP contribution in [0.4, 0.5) is 0 Å². The van der Waals surface area contributed by atoms with E-state index in [1.807, 2.05) is 0 Å². The highest BCUT2D eigenvalue weighted by Crippen LogP contribution is 2.64. The van der Waals surface area contributed by atoms with E-state index in [1.54, 1.807) is 0 Å². The zero-order valence-corrected chi connectivity index (χ0v) is 13.5. The molecule has 2 N–H and O–H groups in total. The molecule has 0 bridgehead atoms. The molecule has 0 aromatic heterocycles. The minimum Gasteiger partial charge on any atom is -0.393 e. The maximum absolute atomic E-state index is 10.8. The van der Waals surface area contributed by atoms with Gasteiger partial charge >= 0.3 is 0 Å². The molecule has 118 valence electrons. The summed E-state index contributed by atoms with van der Waals surface area (Å²) < 4.78 is 0. The standard InChI is InChI=1S/C19H30O2/c1-18-8-3-4-15(18)14-6-5-12-10-13(20)11-17(21)19(12,2)16(14)7-9-18/h5,13-17,20-21H,3-4,6-11H2,1-2H3/t13?,14-,15-,16-,17?,18-,19-/m0/s1. The summed E-state index contributed by atoms with van der Waals surface area (Å²) in [7, 11) is 0. The fourth-order valence-electron chi connectivity index (χ4n) is 6.69. The Morgan fingerprint density at radius 2 is 1.90 bits per heavy atom. The van der Waals surface area contributed by atoms with E-state index in [-0.39, 0.29) is 17.6 Å². The van der Waals surface area contributed by atoms with E-state index >= 15 is 0 Å². The SMILES string of the molecule is C[C@@]12CCC[C@H]1[C@@H]1CC=C3CC(O)CC(O)[C@]3(C)[C@H]1CC2. The van der Waals surface area contributed by atoms with Crippen LogP contribution in [0.2, 0.25) is 0 Å². The lowest BCUT2D eigenvalue weighted by molar-refractivity contribution is -0.0992. The Bertz CT molecular complexity index is 470. The molecule has 2 heteroatoms. The predicted octanol–water partition coefficient (Wildman–Crippen LogP) is 3.67. The van der Waals surface area contributed by atoms with Gasteiger partial charge in [-0.25, -0.2) is 0 Å². The van der Waals surface area contributed by atoms with E-state index in [9.17, 15) is 10.2 Å². The Balaban J connectivity index is 1.71. The molecule has 3 fully saturated rings. The van der Waals surface area contributed by atoms with Crippen molar-refractivity contribution in [3.05, 3.63) is 11.6 Å².